The number of halogens is 1. The van der Waals surface area contributed by atoms with E-state index in [0.29, 0.717) is 28.0 Å². The molecule has 2 aromatic heterocycles. The second-order valence-electron chi connectivity index (χ2n) is 3.96. The Bertz CT molecular complexity index is 709. The normalized spacial score (nSPS) is 12.5. The molecule has 2 heterocycles. The molecule has 20 heavy (non-hydrogen) atoms. The van der Waals surface area contributed by atoms with Crippen LogP contribution in [0.2, 0.25) is 5.15 Å². The van der Waals surface area contributed by atoms with Crippen molar-refractivity contribution in [1.29, 1.82) is 0 Å². The number of nitrogens with two attached hydrogens (primary N) is 1. The molecule has 0 aliphatic heterocycles. The molecular formula is C14H13ClN4O. The third-order valence-electron chi connectivity index (χ3n) is 2.50. The summed E-state index contributed by atoms with van der Waals surface area (Å²) in [5.74, 6) is 1.61. The van der Waals surface area contributed by atoms with Gasteiger partial charge >= 0.3 is 0 Å². The topological polar surface area (TPSA) is 73.4 Å². The Morgan fingerprint density at radius 2 is 2.25 bits per heavy atom. The van der Waals surface area contributed by atoms with Gasteiger partial charge in [-0.25, -0.2) is 9.98 Å². The maximum absolute atomic E-state index is 5.89. The van der Waals surface area contributed by atoms with Crippen molar-refractivity contribution in [3.8, 4) is 5.75 Å². The molecule has 0 saturated heterocycles. The summed E-state index contributed by atoms with van der Waals surface area (Å²) in [7, 11) is 0. The number of hydrogen-bond acceptors (Lipinski definition) is 5. The highest BCUT2D eigenvalue weighted by Crippen LogP contribution is 2.26. The van der Waals surface area contributed by atoms with Gasteiger partial charge in [-0.3, -0.25) is 4.98 Å². The van der Waals surface area contributed by atoms with Crippen LogP contribution in [0.3, 0.4) is 0 Å². The molecular weight excluding hydrogens is 276 g/mol. The zero-order chi connectivity index (χ0) is 14.5. The molecule has 102 valence electrons. The van der Waals surface area contributed by atoms with E-state index in [2.05, 4.69) is 21.7 Å². The van der Waals surface area contributed by atoms with Crippen molar-refractivity contribution in [1.82, 2.24) is 9.97 Å². The molecule has 0 aromatic carbocycles. The highest BCUT2D eigenvalue weighted by atomic mass is 35.5. The fraction of sp³-hybridized carbons (Fsp3) is 0.0714. The molecule has 0 spiro atoms. The number of aliphatic imine (C=N–C) groups is 1. The van der Waals surface area contributed by atoms with Gasteiger partial charge in [0.05, 0.1) is 11.7 Å². The Morgan fingerprint density at radius 1 is 1.45 bits per heavy atom. The molecule has 0 atom stereocenters. The Kier molecular flexibility index (Phi) is 4.32. The van der Waals surface area contributed by atoms with Gasteiger partial charge in [0.15, 0.2) is 0 Å². The lowest BCUT2D eigenvalue weighted by Crippen LogP contribution is -1.95. The molecule has 0 radical (unpaired) electrons. The van der Waals surface area contributed by atoms with E-state index in [1.165, 1.54) is 0 Å². The number of hydrogen-bond donors (Lipinski definition) is 1. The summed E-state index contributed by atoms with van der Waals surface area (Å²) in [6.07, 6.45) is 6.57. The quantitative estimate of drug-likeness (QED) is 0.406. The molecule has 5 nitrogen and oxygen atoms in total. The van der Waals surface area contributed by atoms with Crippen LogP contribution in [-0.4, -0.2) is 16.7 Å². The first-order valence-corrected chi connectivity index (χ1v) is 6.17. The van der Waals surface area contributed by atoms with Crippen molar-refractivity contribution in [3.63, 3.8) is 0 Å². The molecule has 0 bridgehead atoms. The van der Waals surface area contributed by atoms with E-state index in [0.717, 1.165) is 5.39 Å². The zero-order valence-electron chi connectivity index (χ0n) is 10.9. The number of allylic oxidation sites excluding steroid dienone is 3. The summed E-state index contributed by atoms with van der Waals surface area (Å²) in [4.78, 5) is 11.8. The molecule has 0 amide bonds. The summed E-state index contributed by atoms with van der Waals surface area (Å²) >= 11 is 5.89. The number of pyridine rings is 2. The SMILES string of the molecule is C=N/C(N)=C\C=C(/C)Oc1ccnc2cnc(Cl)cc12. The van der Waals surface area contributed by atoms with Crippen molar-refractivity contribution in [2.45, 2.75) is 6.92 Å². The smallest absolute Gasteiger partial charge is 0.138 e. The number of fused-ring (bicyclic) bond motifs is 1. The number of rotatable bonds is 4. The van der Waals surface area contributed by atoms with Gasteiger partial charge in [0.2, 0.25) is 0 Å². The van der Waals surface area contributed by atoms with Gasteiger partial charge in [-0.1, -0.05) is 11.6 Å². The van der Waals surface area contributed by atoms with Crippen molar-refractivity contribution in [2.75, 3.05) is 0 Å². The van der Waals surface area contributed by atoms with E-state index in [4.69, 9.17) is 22.1 Å². The first-order chi connectivity index (χ1) is 9.60. The van der Waals surface area contributed by atoms with Crippen molar-refractivity contribution >= 4 is 29.2 Å². The highest BCUT2D eigenvalue weighted by molar-refractivity contribution is 6.30. The summed E-state index contributed by atoms with van der Waals surface area (Å²) in [6.45, 7) is 5.14. The number of ether oxygens (including phenoxy) is 1. The van der Waals surface area contributed by atoms with Gasteiger partial charge in [0.25, 0.3) is 0 Å². The van der Waals surface area contributed by atoms with Gasteiger partial charge in [-0.2, -0.15) is 0 Å². The molecule has 0 unspecified atom stereocenters. The second-order valence-corrected chi connectivity index (χ2v) is 4.35. The fourth-order valence-electron chi connectivity index (χ4n) is 1.55. The Morgan fingerprint density at radius 3 is 3.00 bits per heavy atom. The molecule has 6 heteroatoms. The second kappa shape index (κ2) is 6.16. The first kappa shape index (κ1) is 14.0. The maximum Gasteiger partial charge on any atom is 0.138 e. The van der Waals surface area contributed by atoms with Crippen LogP contribution in [-0.2, 0) is 0 Å². The van der Waals surface area contributed by atoms with E-state index in [1.807, 2.05) is 6.92 Å². The van der Waals surface area contributed by atoms with E-state index in [-0.39, 0.29) is 0 Å². The highest BCUT2D eigenvalue weighted by Gasteiger charge is 2.05. The van der Waals surface area contributed by atoms with E-state index in [9.17, 15) is 0 Å². The van der Waals surface area contributed by atoms with Crippen molar-refractivity contribution in [2.24, 2.45) is 10.7 Å². The Hall–Kier alpha value is -2.40. The van der Waals surface area contributed by atoms with Crippen molar-refractivity contribution in [3.05, 3.63) is 53.4 Å². The summed E-state index contributed by atoms with van der Waals surface area (Å²) in [6, 6.07) is 3.47. The molecule has 2 aromatic rings. The van der Waals surface area contributed by atoms with Crippen LogP contribution >= 0.6 is 11.6 Å². The Labute approximate surface area is 121 Å². The summed E-state index contributed by atoms with van der Waals surface area (Å²) < 4.78 is 5.75. The van der Waals surface area contributed by atoms with Crippen LogP contribution in [0.5, 0.6) is 5.75 Å². The van der Waals surface area contributed by atoms with Crippen molar-refractivity contribution < 1.29 is 4.74 Å². The minimum absolute atomic E-state index is 0.319. The number of aromatic nitrogens is 2. The number of nitrogens with zero attached hydrogens (tertiary/aromatic N) is 3. The lowest BCUT2D eigenvalue weighted by Gasteiger charge is -2.08. The van der Waals surface area contributed by atoms with E-state index < -0.39 is 0 Å². The van der Waals surface area contributed by atoms with Crippen LogP contribution in [0.1, 0.15) is 6.92 Å². The fourth-order valence-corrected chi connectivity index (χ4v) is 1.71. The van der Waals surface area contributed by atoms with E-state index >= 15 is 0 Å². The van der Waals surface area contributed by atoms with Crippen LogP contribution in [0.4, 0.5) is 0 Å². The average molecular weight is 289 g/mol. The predicted octanol–water partition coefficient (Wildman–Crippen LogP) is 3.07. The van der Waals surface area contributed by atoms with Gasteiger partial charge in [0, 0.05) is 11.6 Å². The van der Waals surface area contributed by atoms with Crippen LogP contribution in [0.25, 0.3) is 10.9 Å². The molecule has 0 aliphatic rings. The maximum atomic E-state index is 5.89. The zero-order valence-corrected chi connectivity index (χ0v) is 11.6. The first-order valence-electron chi connectivity index (χ1n) is 5.79. The van der Waals surface area contributed by atoms with Gasteiger partial charge in [-0.05, 0) is 37.9 Å². The van der Waals surface area contributed by atoms with Gasteiger partial charge in [0.1, 0.15) is 22.5 Å². The van der Waals surface area contributed by atoms with Crippen LogP contribution in [0, 0.1) is 0 Å². The molecule has 2 rings (SSSR count). The third kappa shape index (κ3) is 3.33. The predicted molar refractivity (Wildman–Crippen MR) is 80.8 cm³/mol. The largest absolute Gasteiger partial charge is 0.461 e. The minimum Gasteiger partial charge on any atom is -0.461 e. The van der Waals surface area contributed by atoms with Crippen LogP contribution in [0.15, 0.2) is 53.3 Å². The molecule has 0 saturated carbocycles. The third-order valence-corrected chi connectivity index (χ3v) is 2.70. The Balaban J connectivity index is 2.34. The lowest BCUT2D eigenvalue weighted by atomic mass is 10.2. The molecule has 0 fully saturated rings. The monoisotopic (exact) mass is 288 g/mol. The average Bonchev–Trinajstić information content (AvgIpc) is 2.45. The molecule has 2 N–H and O–H groups in total. The molecule has 0 aliphatic carbocycles. The van der Waals surface area contributed by atoms with Gasteiger partial charge in [-0.15, -0.1) is 0 Å². The summed E-state index contributed by atoms with van der Waals surface area (Å²) in [5, 5.41) is 1.18. The lowest BCUT2D eigenvalue weighted by molar-refractivity contribution is 0.432. The minimum atomic E-state index is 0.319. The standard InChI is InChI=1S/C14H13ClN4O/c1-9(3-4-14(16)17-2)20-12-5-6-18-11-8-19-13(15)7-10(11)12/h3-8H,2,16H2,1H3/b9-3+,14-4-. The summed E-state index contributed by atoms with van der Waals surface area (Å²) in [5.41, 5.74) is 6.23. The van der Waals surface area contributed by atoms with E-state index in [1.54, 1.807) is 36.7 Å². The van der Waals surface area contributed by atoms with Crippen LogP contribution < -0.4 is 10.5 Å². The van der Waals surface area contributed by atoms with Gasteiger partial charge < -0.3 is 10.5 Å².